The lowest BCUT2D eigenvalue weighted by atomic mass is 9.92. The van der Waals surface area contributed by atoms with Crippen LogP contribution in [0, 0.1) is 17.2 Å². The van der Waals surface area contributed by atoms with Crippen LogP contribution in [0.25, 0.3) is 0 Å². The first-order valence-electron chi connectivity index (χ1n) is 5.01. The Hall–Kier alpha value is -1.08. The van der Waals surface area contributed by atoms with Crippen LogP contribution in [0.1, 0.15) is 26.2 Å². The summed E-state index contributed by atoms with van der Waals surface area (Å²) in [5.41, 5.74) is 0. The van der Waals surface area contributed by atoms with Crippen LogP contribution in [0.15, 0.2) is 0 Å². The molecule has 1 amide bonds. The minimum atomic E-state index is -0.286. The first-order chi connectivity index (χ1) is 6.69. The van der Waals surface area contributed by atoms with Crippen molar-refractivity contribution in [1.29, 1.82) is 5.26 Å². The number of nitrogens with zero attached hydrogens (tertiary/aromatic N) is 2. The number of likely N-dealkylation sites (tertiary alicyclic amines) is 1. The Morgan fingerprint density at radius 1 is 1.71 bits per heavy atom. The molecule has 0 bridgehead atoms. The summed E-state index contributed by atoms with van der Waals surface area (Å²) in [6.07, 6.45) is 1.17. The molecule has 1 saturated heterocycles. The number of carbonyl (C=O) groups is 1. The fourth-order valence-electron chi connectivity index (χ4n) is 1.83. The van der Waals surface area contributed by atoms with E-state index in [2.05, 4.69) is 0 Å². The molecule has 4 nitrogen and oxygen atoms in total. The Kier molecular flexibility index (Phi) is 3.90. The molecule has 1 aliphatic heterocycles. The predicted octanol–water partition coefficient (Wildman–Crippen LogP) is 0.519. The molecule has 1 aliphatic rings. The first-order valence-corrected chi connectivity index (χ1v) is 5.01. The van der Waals surface area contributed by atoms with Gasteiger partial charge >= 0.3 is 0 Å². The zero-order chi connectivity index (χ0) is 10.6. The summed E-state index contributed by atoms with van der Waals surface area (Å²) in [5.74, 6) is 0.0595. The zero-order valence-electron chi connectivity index (χ0n) is 8.44. The van der Waals surface area contributed by atoms with Gasteiger partial charge in [0.2, 0.25) is 5.91 Å². The van der Waals surface area contributed by atoms with E-state index in [1.807, 2.05) is 13.0 Å². The van der Waals surface area contributed by atoms with Gasteiger partial charge in [0, 0.05) is 19.0 Å². The Balaban J connectivity index is 2.50. The van der Waals surface area contributed by atoms with Gasteiger partial charge in [-0.1, -0.05) is 6.92 Å². The van der Waals surface area contributed by atoms with Gasteiger partial charge in [-0.15, -0.1) is 0 Å². The SMILES string of the molecule is CC[C@@H]1CN(C(=O)CC#N)CC[C@@H]1O. The second kappa shape index (κ2) is 4.97. The summed E-state index contributed by atoms with van der Waals surface area (Å²) >= 11 is 0. The first kappa shape index (κ1) is 11.0. The van der Waals surface area contributed by atoms with Crippen molar-refractivity contribution in [3.05, 3.63) is 0 Å². The van der Waals surface area contributed by atoms with E-state index in [9.17, 15) is 9.90 Å². The summed E-state index contributed by atoms with van der Waals surface area (Å²) in [4.78, 5) is 13.1. The molecule has 78 valence electrons. The molecule has 1 fully saturated rings. The number of rotatable bonds is 2. The van der Waals surface area contributed by atoms with Crippen LogP contribution in [0.5, 0.6) is 0 Å². The normalized spacial score (nSPS) is 27.1. The highest BCUT2D eigenvalue weighted by Gasteiger charge is 2.28. The lowest BCUT2D eigenvalue weighted by molar-refractivity contribution is -0.133. The summed E-state index contributed by atoms with van der Waals surface area (Å²) in [6.45, 7) is 3.18. The minimum Gasteiger partial charge on any atom is -0.393 e. The average molecular weight is 196 g/mol. The highest BCUT2D eigenvalue weighted by molar-refractivity contribution is 5.78. The van der Waals surface area contributed by atoms with Crippen molar-refractivity contribution < 1.29 is 9.90 Å². The lowest BCUT2D eigenvalue weighted by Gasteiger charge is -2.35. The van der Waals surface area contributed by atoms with E-state index < -0.39 is 0 Å². The van der Waals surface area contributed by atoms with Gasteiger partial charge in [-0.25, -0.2) is 0 Å². The van der Waals surface area contributed by atoms with Crippen molar-refractivity contribution >= 4 is 5.91 Å². The zero-order valence-corrected chi connectivity index (χ0v) is 8.44. The molecule has 1 rings (SSSR count). The monoisotopic (exact) mass is 196 g/mol. The smallest absolute Gasteiger partial charge is 0.236 e. The highest BCUT2D eigenvalue weighted by Crippen LogP contribution is 2.20. The maximum atomic E-state index is 11.4. The number of aliphatic hydroxyl groups excluding tert-OH is 1. The number of aliphatic hydroxyl groups is 1. The van der Waals surface area contributed by atoms with Crippen LogP contribution >= 0.6 is 0 Å². The molecule has 0 spiro atoms. The molecule has 14 heavy (non-hydrogen) atoms. The highest BCUT2D eigenvalue weighted by atomic mass is 16.3. The quantitative estimate of drug-likeness (QED) is 0.700. The van der Waals surface area contributed by atoms with E-state index in [-0.39, 0.29) is 24.3 Å². The molecule has 1 heterocycles. The fourth-order valence-corrected chi connectivity index (χ4v) is 1.83. The van der Waals surface area contributed by atoms with Crippen molar-refractivity contribution in [2.75, 3.05) is 13.1 Å². The summed E-state index contributed by atoms with van der Waals surface area (Å²) in [6, 6.07) is 1.86. The lowest BCUT2D eigenvalue weighted by Crippen LogP contribution is -2.45. The van der Waals surface area contributed by atoms with Crippen LogP contribution < -0.4 is 0 Å². The third-order valence-electron chi connectivity index (χ3n) is 2.80. The Morgan fingerprint density at radius 2 is 2.43 bits per heavy atom. The number of amides is 1. The van der Waals surface area contributed by atoms with Gasteiger partial charge in [-0.05, 0) is 12.8 Å². The van der Waals surface area contributed by atoms with Gasteiger partial charge in [-0.2, -0.15) is 5.26 Å². The van der Waals surface area contributed by atoms with E-state index >= 15 is 0 Å². The van der Waals surface area contributed by atoms with Gasteiger partial charge < -0.3 is 10.0 Å². The van der Waals surface area contributed by atoms with Crippen molar-refractivity contribution in [2.45, 2.75) is 32.3 Å². The van der Waals surface area contributed by atoms with Crippen molar-refractivity contribution in [2.24, 2.45) is 5.92 Å². The number of piperidine rings is 1. The molecular formula is C10H16N2O2. The van der Waals surface area contributed by atoms with E-state index in [1.165, 1.54) is 0 Å². The molecule has 1 N–H and O–H groups in total. The maximum Gasteiger partial charge on any atom is 0.236 e. The van der Waals surface area contributed by atoms with Crippen LogP contribution in [-0.4, -0.2) is 35.1 Å². The standard InChI is InChI=1S/C10H16N2O2/c1-2-8-7-12(6-4-9(8)13)10(14)3-5-11/h8-9,13H,2-4,6-7H2,1H3/t8-,9+/m1/s1. The number of carbonyl (C=O) groups excluding carboxylic acids is 1. The minimum absolute atomic E-state index is 0.0491. The van der Waals surface area contributed by atoms with Crippen LogP contribution in [0.2, 0.25) is 0 Å². The summed E-state index contributed by atoms with van der Waals surface area (Å²) in [5, 5.41) is 18.0. The van der Waals surface area contributed by atoms with Crippen LogP contribution in [0.3, 0.4) is 0 Å². The summed E-state index contributed by atoms with van der Waals surface area (Å²) in [7, 11) is 0. The van der Waals surface area contributed by atoms with Gasteiger partial charge in [0.25, 0.3) is 0 Å². The second-order valence-electron chi connectivity index (χ2n) is 3.70. The van der Waals surface area contributed by atoms with Gasteiger partial charge in [0.05, 0.1) is 12.2 Å². The molecule has 4 heteroatoms. The third-order valence-corrected chi connectivity index (χ3v) is 2.80. The largest absolute Gasteiger partial charge is 0.393 e. The molecule has 0 unspecified atom stereocenters. The van der Waals surface area contributed by atoms with E-state index in [0.29, 0.717) is 19.5 Å². The van der Waals surface area contributed by atoms with E-state index in [4.69, 9.17) is 5.26 Å². The molecule has 0 aromatic carbocycles. The Labute approximate surface area is 84.1 Å². The van der Waals surface area contributed by atoms with E-state index in [0.717, 1.165) is 6.42 Å². The second-order valence-corrected chi connectivity index (χ2v) is 3.70. The molecule has 0 radical (unpaired) electrons. The van der Waals surface area contributed by atoms with Crippen LogP contribution in [0.4, 0.5) is 0 Å². The molecule has 0 saturated carbocycles. The van der Waals surface area contributed by atoms with Crippen molar-refractivity contribution in [3.63, 3.8) is 0 Å². The average Bonchev–Trinajstić information content (AvgIpc) is 2.19. The van der Waals surface area contributed by atoms with Crippen molar-refractivity contribution in [3.8, 4) is 6.07 Å². The molecule has 0 aromatic rings. The maximum absolute atomic E-state index is 11.4. The van der Waals surface area contributed by atoms with E-state index in [1.54, 1.807) is 4.90 Å². The van der Waals surface area contributed by atoms with Gasteiger partial charge in [0.15, 0.2) is 0 Å². The van der Waals surface area contributed by atoms with Crippen molar-refractivity contribution in [1.82, 2.24) is 4.90 Å². The predicted molar refractivity (Wildman–Crippen MR) is 51.2 cm³/mol. The Bertz CT molecular complexity index is 247. The molecular weight excluding hydrogens is 180 g/mol. The van der Waals surface area contributed by atoms with Gasteiger partial charge in [0.1, 0.15) is 6.42 Å². The topological polar surface area (TPSA) is 64.3 Å². The summed E-state index contributed by atoms with van der Waals surface area (Å²) < 4.78 is 0. The fraction of sp³-hybridized carbons (Fsp3) is 0.800. The van der Waals surface area contributed by atoms with Gasteiger partial charge in [-0.3, -0.25) is 4.79 Å². The Morgan fingerprint density at radius 3 is 3.00 bits per heavy atom. The molecule has 0 aliphatic carbocycles. The van der Waals surface area contributed by atoms with Crippen LogP contribution in [-0.2, 0) is 4.79 Å². The number of nitriles is 1. The number of hydrogen-bond acceptors (Lipinski definition) is 3. The molecule has 2 atom stereocenters. The molecule has 0 aromatic heterocycles. The third kappa shape index (κ3) is 2.46. The number of hydrogen-bond donors (Lipinski definition) is 1.